The predicted molar refractivity (Wildman–Crippen MR) is 87.0 cm³/mol. The SMILES string of the molecule is Cc1ccc2nc(Nc3ccc(N)cc3C(N)=O)sc2c1. The fraction of sp³-hybridized carbons (Fsp3) is 0.0667. The van der Waals surface area contributed by atoms with Crippen molar-refractivity contribution in [3.8, 4) is 0 Å². The van der Waals surface area contributed by atoms with Crippen molar-refractivity contribution in [1.82, 2.24) is 4.98 Å². The lowest BCUT2D eigenvalue weighted by Gasteiger charge is -2.08. The molecule has 0 saturated heterocycles. The van der Waals surface area contributed by atoms with Gasteiger partial charge in [0.25, 0.3) is 5.91 Å². The molecule has 0 spiro atoms. The summed E-state index contributed by atoms with van der Waals surface area (Å²) >= 11 is 1.53. The maximum atomic E-state index is 11.5. The average molecular weight is 298 g/mol. The molecule has 0 unspecified atom stereocenters. The van der Waals surface area contributed by atoms with E-state index in [2.05, 4.69) is 16.4 Å². The number of nitrogens with one attached hydrogen (secondary N) is 1. The van der Waals surface area contributed by atoms with Crippen LogP contribution in [-0.2, 0) is 0 Å². The largest absolute Gasteiger partial charge is 0.399 e. The van der Waals surface area contributed by atoms with Gasteiger partial charge in [-0.1, -0.05) is 17.4 Å². The number of aryl methyl sites for hydroxylation is 1. The molecule has 0 aliphatic heterocycles. The van der Waals surface area contributed by atoms with Crippen molar-refractivity contribution in [3.63, 3.8) is 0 Å². The van der Waals surface area contributed by atoms with E-state index in [0.717, 1.165) is 10.2 Å². The molecule has 3 rings (SSSR count). The van der Waals surface area contributed by atoms with Crippen LogP contribution in [0, 0.1) is 6.92 Å². The predicted octanol–water partition coefficient (Wildman–Crippen LogP) is 3.03. The summed E-state index contributed by atoms with van der Waals surface area (Å²) in [6.07, 6.45) is 0. The molecule has 0 fully saturated rings. The van der Waals surface area contributed by atoms with E-state index in [1.54, 1.807) is 18.2 Å². The summed E-state index contributed by atoms with van der Waals surface area (Å²) in [5.41, 5.74) is 14.6. The Balaban J connectivity index is 2.00. The lowest BCUT2D eigenvalue weighted by molar-refractivity contribution is 0.100. The van der Waals surface area contributed by atoms with E-state index < -0.39 is 5.91 Å². The number of nitrogens with zero attached hydrogens (tertiary/aromatic N) is 1. The lowest BCUT2D eigenvalue weighted by atomic mass is 10.1. The number of aromatic nitrogens is 1. The number of amides is 1. The van der Waals surface area contributed by atoms with Crippen LogP contribution in [0.1, 0.15) is 15.9 Å². The molecular weight excluding hydrogens is 284 g/mol. The summed E-state index contributed by atoms with van der Waals surface area (Å²) in [7, 11) is 0. The van der Waals surface area contributed by atoms with Crippen molar-refractivity contribution < 1.29 is 4.79 Å². The highest BCUT2D eigenvalue weighted by Crippen LogP contribution is 2.30. The van der Waals surface area contributed by atoms with E-state index in [1.165, 1.54) is 16.9 Å². The Kier molecular flexibility index (Phi) is 3.23. The van der Waals surface area contributed by atoms with Crippen LogP contribution in [-0.4, -0.2) is 10.9 Å². The maximum absolute atomic E-state index is 11.5. The number of benzene rings is 2. The van der Waals surface area contributed by atoms with Gasteiger partial charge in [-0.15, -0.1) is 0 Å². The molecule has 106 valence electrons. The molecule has 0 aliphatic carbocycles. The van der Waals surface area contributed by atoms with Gasteiger partial charge in [-0.2, -0.15) is 0 Å². The maximum Gasteiger partial charge on any atom is 0.250 e. The van der Waals surface area contributed by atoms with E-state index >= 15 is 0 Å². The normalized spacial score (nSPS) is 10.7. The smallest absolute Gasteiger partial charge is 0.250 e. The first-order chi connectivity index (χ1) is 10.0. The van der Waals surface area contributed by atoms with Crippen molar-refractivity contribution in [2.45, 2.75) is 6.92 Å². The van der Waals surface area contributed by atoms with Gasteiger partial charge in [-0.3, -0.25) is 4.79 Å². The molecule has 0 atom stereocenters. The zero-order chi connectivity index (χ0) is 15.0. The minimum atomic E-state index is -0.526. The number of rotatable bonds is 3. The highest BCUT2D eigenvalue weighted by molar-refractivity contribution is 7.22. The van der Waals surface area contributed by atoms with Crippen molar-refractivity contribution >= 4 is 44.0 Å². The molecule has 2 aromatic carbocycles. The number of hydrogen-bond acceptors (Lipinski definition) is 5. The Morgan fingerprint density at radius 2 is 2.05 bits per heavy atom. The molecule has 1 heterocycles. The number of primary amides is 1. The van der Waals surface area contributed by atoms with Gasteiger partial charge in [0.2, 0.25) is 0 Å². The van der Waals surface area contributed by atoms with Gasteiger partial charge in [0.1, 0.15) is 0 Å². The standard InChI is InChI=1S/C15H14N4OS/c1-8-2-4-12-13(6-8)21-15(19-12)18-11-5-3-9(16)7-10(11)14(17)20/h2-7H,16H2,1H3,(H2,17,20)(H,18,19). The Hall–Kier alpha value is -2.60. The first-order valence-electron chi connectivity index (χ1n) is 6.36. The van der Waals surface area contributed by atoms with Crippen LogP contribution in [0.4, 0.5) is 16.5 Å². The zero-order valence-corrected chi connectivity index (χ0v) is 12.2. The molecule has 0 aliphatic rings. The molecule has 0 bridgehead atoms. The summed E-state index contributed by atoms with van der Waals surface area (Å²) in [5.74, 6) is -0.526. The average Bonchev–Trinajstić information content (AvgIpc) is 2.82. The first kappa shape index (κ1) is 13.4. The minimum Gasteiger partial charge on any atom is -0.399 e. The van der Waals surface area contributed by atoms with Crippen LogP contribution in [0.2, 0.25) is 0 Å². The molecule has 5 N–H and O–H groups in total. The van der Waals surface area contributed by atoms with Crippen LogP contribution in [0.3, 0.4) is 0 Å². The molecular formula is C15H14N4OS. The fourth-order valence-electron chi connectivity index (χ4n) is 2.08. The number of carbonyl (C=O) groups is 1. The summed E-state index contributed by atoms with van der Waals surface area (Å²) in [6.45, 7) is 2.04. The second-order valence-electron chi connectivity index (χ2n) is 4.78. The van der Waals surface area contributed by atoms with E-state index in [9.17, 15) is 4.79 Å². The van der Waals surface area contributed by atoms with Gasteiger partial charge in [0.05, 0.1) is 21.5 Å². The molecule has 21 heavy (non-hydrogen) atoms. The van der Waals surface area contributed by atoms with Crippen molar-refractivity contribution in [2.75, 3.05) is 11.1 Å². The van der Waals surface area contributed by atoms with Crippen LogP contribution in [0.25, 0.3) is 10.2 Å². The van der Waals surface area contributed by atoms with Crippen LogP contribution in [0.15, 0.2) is 36.4 Å². The van der Waals surface area contributed by atoms with Gasteiger partial charge in [-0.05, 0) is 42.8 Å². The highest BCUT2D eigenvalue weighted by Gasteiger charge is 2.11. The van der Waals surface area contributed by atoms with Crippen LogP contribution < -0.4 is 16.8 Å². The summed E-state index contributed by atoms with van der Waals surface area (Å²) in [5, 5.41) is 3.85. The Labute approximate surface area is 125 Å². The van der Waals surface area contributed by atoms with Gasteiger partial charge >= 0.3 is 0 Å². The van der Waals surface area contributed by atoms with Crippen molar-refractivity contribution in [2.24, 2.45) is 5.73 Å². The van der Waals surface area contributed by atoms with E-state index in [4.69, 9.17) is 11.5 Å². The molecule has 1 amide bonds. The second-order valence-corrected chi connectivity index (χ2v) is 5.82. The molecule has 0 saturated carbocycles. The van der Waals surface area contributed by atoms with E-state index in [-0.39, 0.29) is 0 Å². The van der Waals surface area contributed by atoms with Gasteiger partial charge in [-0.25, -0.2) is 4.98 Å². The number of hydrogen-bond donors (Lipinski definition) is 3. The minimum absolute atomic E-state index is 0.352. The van der Waals surface area contributed by atoms with Gasteiger partial charge in [0, 0.05) is 5.69 Å². The summed E-state index contributed by atoms with van der Waals surface area (Å²) in [6, 6.07) is 11.1. The molecule has 3 aromatic rings. The Bertz CT molecular complexity index is 841. The third-order valence-electron chi connectivity index (χ3n) is 3.09. The quantitative estimate of drug-likeness (QED) is 0.648. The van der Waals surface area contributed by atoms with Crippen molar-refractivity contribution in [3.05, 3.63) is 47.5 Å². The lowest BCUT2D eigenvalue weighted by Crippen LogP contribution is -2.13. The van der Waals surface area contributed by atoms with Crippen LogP contribution in [0.5, 0.6) is 0 Å². The number of nitrogen functional groups attached to an aromatic ring is 1. The fourth-order valence-corrected chi connectivity index (χ4v) is 3.05. The molecule has 6 heteroatoms. The van der Waals surface area contributed by atoms with E-state index in [0.29, 0.717) is 22.1 Å². The molecule has 5 nitrogen and oxygen atoms in total. The first-order valence-corrected chi connectivity index (χ1v) is 7.18. The van der Waals surface area contributed by atoms with Gasteiger partial charge < -0.3 is 16.8 Å². The third kappa shape index (κ3) is 2.66. The number of thiazole rings is 1. The second kappa shape index (κ2) is 5.06. The number of anilines is 3. The Morgan fingerprint density at radius 1 is 1.24 bits per heavy atom. The summed E-state index contributed by atoms with van der Waals surface area (Å²) < 4.78 is 1.09. The zero-order valence-electron chi connectivity index (χ0n) is 11.4. The number of carbonyl (C=O) groups excluding carboxylic acids is 1. The topological polar surface area (TPSA) is 94.0 Å². The molecule has 0 radical (unpaired) electrons. The third-order valence-corrected chi connectivity index (χ3v) is 4.03. The highest BCUT2D eigenvalue weighted by atomic mass is 32.1. The Morgan fingerprint density at radius 3 is 2.81 bits per heavy atom. The van der Waals surface area contributed by atoms with Crippen molar-refractivity contribution in [1.29, 1.82) is 0 Å². The summed E-state index contributed by atoms with van der Waals surface area (Å²) in [4.78, 5) is 16.0. The number of fused-ring (bicyclic) bond motifs is 1. The monoisotopic (exact) mass is 298 g/mol. The molecule has 1 aromatic heterocycles. The van der Waals surface area contributed by atoms with Crippen LogP contribution >= 0.6 is 11.3 Å². The van der Waals surface area contributed by atoms with Gasteiger partial charge in [0.15, 0.2) is 5.13 Å². The number of nitrogens with two attached hydrogens (primary N) is 2. The van der Waals surface area contributed by atoms with E-state index in [1.807, 2.05) is 19.1 Å².